The number of hydrogen-bond donors (Lipinski definition) is 1. The lowest BCUT2D eigenvalue weighted by Gasteiger charge is -2.31. The first-order chi connectivity index (χ1) is 8.90. The second-order valence-corrected chi connectivity index (χ2v) is 5.61. The second-order valence-electron chi connectivity index (χ2n) is 5.61. The van der Waals surface area contributed by atoms with E-state index in [1.54, 1.807) is 0 Å². The van der Waals surface area contributed by atoms with Crippen molar-refractivity contribution in [2.75, 3.05) is 6.61 Å². The summed E-state index contributed by atoms with van der Waals surface area (Å²) in [4.78, 5) is 0. The summed E-state index contributed by atoms with van der Waals surface area (Å²) in [5, 5.41) is 3.80. The minimum atomic E-state index is 0.433. The Hall–Kier alpha value is -1.06. The van der Waals surface area contributed by atoms with E-state index in [0.29, 0.717) is 24.3 Å². The molecule has 2 fully saturated rings. The van der Waals surface area contributed by atoms with Crippen molar-refractivity contribution < 1.29 is 9.47 Å². The molecule has 3 aliphatic rings. The van der Waals surface area contributed by atoms with Crippen LogP contribution < -0.4 is 10.1 Å². The van der Waals surface area contributed by atoms with Crippen molar-refractivity contribution in [3.8, 4) is 5.75 Å². The number of benzene rings is 1. The summed E-state index contributed by atoms with van der Waals surface area (Å²) in [5.41, 5.74) is 1.31. The molecule has 1 N–H and O–H groups in total. The van der Waals surface area contributed by atoms with Crippen LogP contribution in [0.15, 0.2) is 24.3 Å². The van der Waals surface area contributed by atoms with Crippen molar-refractivity contribution in [2.45, 2.75) is 50.0 Å². The zero-order chi connectivity index (χ0) is 11.9. The van der Waals surface area contributed by atoms with Gasteiger partial charge in [-0.2, -0.15) is 0 Å². The average molecular weight is 245 g/mol. The Kier molecular flexibility index (Phi) is 2.55. The fraction of sp³-hybridized carbons (Fsp3) is 0.600. The van der Waals surface area contributed by atoms with Gasteiger partial charge in [0.2, 0.25) is 0 Å². The number of fused-ring (bicyclic) bond motifs is 3. The van der Waals surface area contributed by atoms with E-state index in [1.165, 1.54) is 24.8 Å². The zero-order valence-electron chi connectivity index (χ0n) is 10.5. The molecule has 3 nitrogen and oxygen atoms in total. The first-order valence-corrected chi connectivity index (χ1v) is 7.03. The van der Waals surface area contributed by atoms with E-state index >= 15 is 0 Å². The Morgan fingerprint density at radius 1 is 1.11 bits per heavy atom. The van der Waals surface area contributed by atoms with Gasteiger partial charge in [0.1, 0.15) is 5.75 Å². The van der Waals surface area contributed by atoms with Gasteiger partial charge in [0.25, 0.3) is 0 Å². The summed E-state index contributed by atoms with van der Waals surface area (Å²) in [6, 6.07) is 9.37. The van der Waals surface area contributed by atoms with Crippen LogP contribution in [-0.4, -0.2) is 24.9 Å². The first-order valence-electron chi connectivity index (χ1n) is 7.03. The topological polar surface area (TPSA) is 30.5 Å². The Balaban J connectivity index is 1.53. The van der Waals surface area contributed by atoms with E-state index in [9.17, 15) is 0 Å². The van der Waals surface area contributed by atoms with Gasteiger partial charge >= 0.3 is 0 Å². The second kappa shape index (κ2) is 4.25. The Morgan fingerprint density at radius 3 is 2.89 bits per heavy atom. The van der Waals surface area contributed by atoms with Crippen LogP contribution >= 0.6 is 0 Å². The van der Waals surface area contributed by atoms with Gasteiger partial charge < -0.3 is 14.8 Å². The van der Waals surface area contributed by atoms with Crippen molar-refractivity contribution >= 4 is 0 Å². The Labute approximate surface area is 107 Å². The third kappa shape index (κ3) is 1.73. The first kappa shape index (κ1) is 10.8. The summed E-state index contributed by atoms with van der Waals surface area (Å²) in [6.45, 7) is 0.816. The van der Waals surface area contributed by atoms with Crippen LogP contribution in [0.5, 0.6) is 5.75 Å². The molecule has 3 aliphatic heterocycles. The minimum absolute atomic E-state index is 0.433. The van der Waals surface area contributed by atoms with Crippen molar-refractivity contribution in [2.24, 2.45) is 0 Å². The zero-order valence-corrected chi connectivity index (χ0v) is 10.5. The molecule has 0 aliphatic carbocycles. The van der Waals surface area contributed by atoms with Gasteiger partial charge in [-0.15, -0.1) is 0 Å². The lowest BCUT2D eigenvalue weighted by molar-refractivity contribution is 0.0947. The highest BCUT2D eigenvalue weighted by Crippen LogP contribution is 2.38. The molecule has 18 heavy (non-hydrogen) atoms. The van der Waals surface area contributed by atoms with E-state index in [0.717, 1.165) is 18.8 Å². The van der Waals surface area contributed by atoms with Gasteiger partial charge in [0, 0.05) is 24.1 Å². The smallest absolute Gasteiger partial charge is 0.124 e. The van der Waals surface area contributed by atoms with Crippen LogP contribution in [0.25, 0.3) is 0 Å². The van der Waals surface area contributed by atoms with Crippen LogP contribution in [-0.2, 0) is 4.74 Å². The molecule has 0 saturated carbocycles. The molecule has 3 heterocycles. The highest BCUT2D eigenvalue weighted by Gasteiger charge is 2.41. The molecular weight excluding hydrogens is 226 g/mol. The molecule has 1 aromatic rings. The van der Waals surface area contributed by atoms with Crippen molar-refractivity contribution in [3.05, 3.63) is 29.8 Å². The molecule has 0 aromatic heterocycles. The molecule has 2 saturated heterocycles. The fourth-order valence-electron chi connectivity index (χ4n) is 3.59. The maximum absolute atomic E-state index is 5.92. The predicted molar refractivity (Wildman–Crippen MR) is 68.7 cm³/mol. The number of para-hydroxylation sites is 1. The normalized spacial score (nSPS) is 37.3. The van der Waals surface area contributed by atoms with E-state index < -0.39 is 0 Å². The molecule has 4 unspecified atom stereocenters. The third-order valence-electron chi connectivity index (χ3n) is 4.48. The number of hydrogen-bond acceptors (Lipinski definition) is 3. The molecule has 3 heteroatoms. The highest BCUT2D eigenvalue weighted by molar-refractivity contribution is 5.37. The summed E-state index contributed by atoms with van der Waals surface area (Å²) < 4.78 is 11.6. The van der Waals surface area contributed by atoms with Gasteiger partial charge in [0.05, 0.1) is 18.8 Å². The van der Waals surface area contributed by atoms with Crippen LogP contribution in [0.1, 0.15) is 37.3 Å². The van der Waals surface area contributed by atoms with E-state index in [4.69, 9.17) is 9.47 Å². The maximum atomic E-state index is 5.92. The van der Waals surface area contributed by atoms with Gasteiger partial charge in [0.15, 0.2) is 0 Å². The summed E-state index contributed by atoms with van der Waals surface area (Å²) in [5.74, 6) is 1.05. The number of rotatable bonds is 2. The average Bonchev–Trinajstić information content (AvgIpc) is 3.01. The van der Waals surface area contributed by atoms with E-state index in [-0.39, 0.29) is 0 Å². The Morgan fingerprint density at radius 2 is 2.06 bits per heavy atom. The van der Waals surface area contributed by atoms with Crippen molar-refractivity contribution in [3.63, 3.8) is 0 Å². The molecule has 0 amide bonds. The predicted octanol–water partition coefficient (Wildman–Crippen LogP) is 2.42. The summed E-state index contributed by atoms with van der Waals surface area (Å²) >= 11 is 0. The lowest BCUT2D eigenvalue weighted by Crippen LogP contribution is -2.41. The fourth-order valence-corrected chi connectivity index (χ4v) is 3.59. The van der Waals surface area contributed by atoms with Crippen LogP contribution in [0.3, 0.4) is 0 Å². The molecule has 2 bridgehead atoms. The van der Waals surface area contributed by atoms with E-state index in [1.807, 2.05) is 6.07 Å². The molecular formula is C15H19NO2. The van der Waals surface area contributed by atoms with Crippen molar-refractivity contribution in [1.82, 2.24) is 5.32 Å². The maximum Gasteiger partial charge on any atom is 0.124 e. The molecule has 96 valence electrons. The lowest BCUT2D eigenvalue weighted by atomic mass is 9.92. The van der Waals surface area contributed by atoms with Crippen LogP contribution in [0.2, 0.25) is 0 Å². The summed E-state index contributed by atoms with van der Waals surface area (Å²) in [6.07, 6.45) is 5.70. The number of ether oxygens (including phenoxy) is 2. The quantitative estimate of drug-likeness (QED) is 0.868. The molecule has 0 spiro atoms. The molecule has 1 aromatic carbocycles. The highest BCUT2D eigenvalue weighted by atomic mass is 16.5. The molecule has 0 radical (unpaired) electrons. The van der Waals surface area contributed by atoms with Gasteiger partial charge in [-0.3, -0.25) is 0 Å². The van der Waals surface area contributed by atoms with Gasteiger partial charge in [-0.05, 0) is 25.3 Å². The van der Waals surface area contributed by atoms with Gasteiger partial charge in [-0.1, -0.05) is 18.2 Å². The molecule has 4 atom stereocenters. The van der Waals surface area contributed by atoms with E-state index in [2.05, 4.69) is 23.5 Å². The SMILES string of the molecule is c1ccc2c(c1)OCCC2NC1CC2CCC1O2. The number of nitrogens with one attached hydrogen (secondary N) is 1. The molecule has 4 rings (SSSR count). The summed E-state index contributed by atoms with van der Waals surface area (Å²) in [7, 11) is 0. The minimum Gasteiger partial charge on any atom is -0.493 e. The monoisotopic (exact) mass is 245 g/mol. The Bertz CT molecular complexity index is 448. The van der Waals surface area contributed by atoms with Crippen LogP contribution in [0, 0.1) is 0 Å². The van der Waals surface area contributed by atoms with Crippen molar-refractivity contribution in [1.29, 1.82) is 0 Å². The van der Waals surface area contributed by atoms with Crippen LogP contribution in [0.4, 0.5) is 0 Å². The largest absolute Gasteiger partial charge is 0.493 e. The standard InChI is InChI=1S/C15H19NO2/c1-2-4-14-11(3-1)12(7-8-17-14)16-13-9-10-5-6-15(13)18-10/h1-4,10,12-13,15-16H,5-9H2. The van der Waals surface area contributed by atoms with Gasteiger partial charge in [-0.25, -0.2) is 0 Å². The third-order valence-corrected chi connectivity index (χ3v) is 4.48.